The largest absolute Gasteiger partial charge is 0.484 e. The average Bonchev–Trinajstić information content (AvgIpc) is 3.55. The molecule has 0 bridgehead atoms. The number of hydrogen-bond acceptors (Lipinski definition) is 4. The Morgan fingerprint density at radius 3 is 2.36 bits per heavy atom. The molecule has 3 fully saturated rings. The van der Waals surface area contributed by atoms with E-state index >= 15 is 0 Å². The van der Waals surface area contributed by atoms with Crippen LogP contribution in [-0.4, -0.2) is 55.5 Å². The van der Waals surface area contributed by atoms with Gasteiger partial charge in [-0.2, -0.15) is 0 Å². The maximum Gasteiger partial charge on any atom is 0.258 e. The average molecular weight is 406 g/mol. The van der Waals surface area contributed by atoms with Crippen LogP contribution in [0.4, 0.5) is 0 Å². The zero-order valence-electron chi connectivity index (χ0n) is 16.2. The third kappa shape index (κ3) is 5.17. The predicted octanol–water partition coefficient (Wildman–Crippen LogP) is 2.07. The summed E-state index contributed by atoms with van der Waals surface area (Å²) in [5.74, 6) is 2.36. The molecule has 7 heteroatoms. The number of nitrogens with one attached hydrogen (secondary N) is 2. The van der Waals surface area contributed by atoms with Crippen molar-refractivity contribution in [2.75, 3.05) is 26.7 Å². The SMILES string of the molecule is CN(CC(=O)N[C@H]1CC(NC(=O)COc2ccc(Cl)cc2)C2CC21)CC1CC1. The van der Waals surface area contributed by atoms with Crippen molar-refractivity contribution in [2.24, 2.45) is 17.8 Å². The van der Waals surface area contributed by atoms with E-state index < -0.39 is 0 Å². The fourth-order valence-corrected chi connectivity index (χ4v) is 4.47. The lowest BCUT2D eigenvalue weighted by atomic mass is 10.1. The van der Waals surface area contributed by atoms with Crippen LogP contribution in [0.1, 0.15) is 25.7 Å². The van der Waals surface area contributed by atoms with Crippen molar-refractivity contribution in [3.05, 3.63) is 29.3 Å². The molecule has 1 aromatic carbocycles. The molecule has 4 rings (SSSR count). The van der Waals surface area contributed by atoms with Gasteiger partial charge in [0.05, 0.1) is 6.54 Å². The van der Waals surface area contributed by atoms with Crippen molar-refractivity contribution in [2.45, 2.75) is 37.8 Å². The smallest absolute Gasteiger partial charge is 0.258 e. The van der Waals surface area contributed by atoms with Crippen LogP contribution in [0.2, 0.25) is 5.02 Å². The third-order valence-corrected chi connectivity index (χ3v) is 6.24. The minimum atomic E-state index is -0.123. The number of benzene rings is 1. The van der Waals surface area contributed by atoms with Crippen LogP contribution in [0.15, 0.2) is 24.3 Å². The molecule has 3 aliphatic carbocycles. The quantitative estimate of drug-likeness (QED) is 0.659. The van der Waals surface area contributed by atoms with Gasteiger partial charge in [-0.25, -0.2) is 0 Å². The summed E-state index contributed by atoms with van der Waals surface area (Å²) in [5, 5.41) is 6.90. The molecule has 2 N–H and O–H groups in total. The minimum absolute atomic E-state index is 0.0154. The van der Waals surface area contributed by atoms with Crippen LogP contribution >= 0.6 is 11.6 Å². The van der Waals surface area contributed by atoms with E-state index in [1.807, 2.05) is 7.05 Å². The number of amides is 2. The van der Waals surface area contributed by atoms with Crippen molar-refractivity contribution in [1.82, 2.24) is 15.5 Å². The van der Waals surface area contributed by atoms with Crippen LogP contribution in [0, 0.1) is 17.8 Å². The Balaban J connectivity index is 1.18. The molecule has 2 amide bonds. The molecular formula is C21H28ClN3O3. The van der Waals surface area contributed by atoms with E-state index in [-0.39, 0.29) is 30.5 Å². The molecule has 0 aliphatic heterocycles. The number of halogens is 1. The Labute approximate surface area is 170 Å². The number of likely N-dealkylation sites (N-methyl/N-ethyl adjacent to an activating group) is 1. The first kappa shape index (κ1) is 19.5. The highest BCUT2D eigenvalue weighted by molar-refractivity contribution is 6.30. The topological polar surface area (TPSA) is 70.7 Å². The standard InChI is InChI=1S/C21H28ClN3O3/c1-25(10-13-2-3-13)11-20(26)23-18-9-19(17-8-16(17)18)24-21(27)12-28-15-6-4-14(22)5-7-15/h4-7,13,16-19H,2-3,8-12H2,1H3,(H,23,26)(H,24,27)/t16?,17?,18-,19?/m0/s1. The molecule has 0 aromatic heterocycles. The second kappa shape index (κ2) is 8.29. The molecule has 3 unspecified atom stereocenters. The summed E-state index contributed by atoms with van der Waals surface area (Å²) in [6.07, 6.45) is 4.47. The van der Waals surface area contributed by atoms with E-state index in [0.29, 0.717) is 29.2 Å². The molecule has 6 nitrogen and oxygen atoms in total. The molecule has 0 heterocycles. The predicted molar refractivity (Wildman–Crippen MR) is 107 cm³/mol. The molecular weight excluding hydrogens is 378 g/mol. The molecule has 152 valence electrons. The number of fused-ring (bicyclic) bond motifs is 1. The maximum absolute atomic E-state index is 12.3. The van der Waals surface area contributed by atoms with E-state index in [1.54, 1.807) is 24.3 Å². The monoisotopic (exact) mass is 405 g/mol. The first-order valence-corrected chi connectivity index (χ1v) is 10.5. The number of nitrogens with zero attached hydrogens (tertiary/aromatic N) is 1. The van der Waals surface area contributed by atoms with Crippen molar-refractivity contribution >= 4 is 23.4 Å². The van der Waals surface area contributed by atoms with Gasteiger partial charge in [-0.05, 0) is 74.8 Å². The Kier molecular flexibility index (Phi) is 5.78. The van der Waals surface area contributed by atoms with Crippen LogP contribution in [0.5, 0.6) is 5.75 Å². The first-order valence-electron chi connectivity index (χ1n) is 10.1. The third-order valence-electron chi connectivity index (χ3n) is 5.99. The molecule has 0 spiro atoms. The van der Waals surface area contributed by atoms with E-state index in [0.717, 1.165) is 25.3 Å². The molecule has 28 heavy (non-hydrogen) atoms. The van der Waals surface area contributed by atoms with Crippen molar-refractivity contribution in [3.63, 3.8) is 0 Å². The lowest BCUT2D eigenvalue weighted by Crippen LogP contribution is -2.44. The number of hydrogen-bond donors (Lipinski definition) is 2. The lowest BCUT2D eigenvalue weighted by molar-refractivity contribution is -0.124. The number of carbonyl (C=O) groups excluding carboxylic acids is 2. The van der Waals surface area contributed by atoms with Gasteiger partial charge in [-0.15, -0.1) is 0 Å². The summed E-state index contributed by atoms with van der Waals surface area (Å²) in [5.41, 5.74) is 0. The van der Waals surface area contributed by atoms with Crippen LogP contribution in [0.3, 0.4) is 0 Å². The van der Waals surface area contributed by atoms with Gasteiger partial charge >= 0.3 is 0 Å². The Hall–Kier alpha value is -1.79. The second-order valence-electron chi connectivity index (χ2n) is 8.53. The molecule has 0 saturated heterocycles. The van der Waals surface area contributed by atoms with E-state index in [2.05, 4.69) is 15.5 Å². The van der Waals surface area contributed by atoms with Gasteiger partial charge in [0.1, 0.15) is 5.75 Å². The maximum atomic E-state index is 12.3. The molecule has 0 radical (unpaired) electrons. The van der Waals surface area contributed by atoms with Gasteiger partial charge in [-0.3, -0.25) is 14.5 Å². The first-order chi connectivity index (χ1) is 13.5. The molecule has 3 aliphatic rings. The highest BCUT2D eigenvalue weighted by Crippen LogP contribution is 2.51. The number of ether oxygens (including phenoxy) is 1. The zero-order valence-corrected chi connectivity index (χ0v) is 17.0. The van der Waals surface area contributed by atoms with Crippen molar-refractivity contribution < 1.29 is 14.3 Å². The van der Waals surface area contributed by atoms with Gasteiger partial charge in [0.25, 0.3) is 5.91 Å². The summed E-state index contributed by atoms with van der Waals surface area (Å²) >= 11 is 5.84. The summed E-state index contributed by atoms with van der Waals surface area (Å²) in [6, 6.07) is 7.25. The van der Waals surface area contributed by atoms with Gasteiger partial charge in [0.2, 0.25) is 5.91 Å². The Morgan fingerprint density at radius 2 is 1.71 bits per heavy atom. The summed E-state index contributed by atoms with van der Waals surface area (Å²) < 4.78 is 5.51. The Bertz CT molecular complexity index is 722. The van der Waals surface area contributed by atoms with Crippen LogP contribution in [0.25, 0.3) is 0 Å². The van der Waals surface area contributed by atoms with E-state index in [4.69, 9.17) is 16.3 Å². The minimum Gasteiger partial charge on any atom is -0.484 e. The van der Waals surface area contributed by atoms with Gasteiger partial charge < -0.3 is 15.4 Å². The van der Waals surface area contributed by atoms with Crippen LogP contribution < -0.4 is 15.4 Å². The van der Waals surface area contributed by atoms with E-state index in [9.17, 15) is 9.59 Å². The highest BCUT2D eigenvalue weighted by Gasteiger charge is 2.55. The van der Waals surface area contributed by atoms with Crippen LogP contribution in [-0.2, 0) is 9.59 Å². The van der Waals surface area contributed by atoms with E-state index in [1.165, 1.54) is 12.8 Å². The fraction of sp³-hybridized carbons (Fsp3) is 0.619. The van der Waals surface area contributed by atoms with Gasteiger partial charge in [0, 0.05) is 23.7 Å². The second-order valence-corrected chi connectivity index (χ2v) is 8.97. The normalized spacial score (nSPS) is 28.0. The fourth-order valence-electron chi connectivity index (χ4n) is 4.35. The number of rotatable bonds is 9. The zero-order chi connectivity index (χ0) is 19.7. The molecule has 4 atom stereocenters. The molecule has 1 aromatic rings. The number of carbonyl (C=O) groups is 2. The van der Waals surface area contributed by atoms with Gasteiger partial charge in [-0.1, -0.05) is 11.6 Å². The van der Waals surface area contributed by atoms with Crippen molar-refractivity contribution in [3.8, 4) is 5.75 Å². The highest BCUT2D eigenvalue weighted by atomic mass is 35.5. The summed E-state index contributed by atoms with van der Waals surface area (Å²) in [6.45, 7) is 1.45. The molecule has 3 saturated carbocycles. The lowest BCUT2D eigenvalue weighted by Gasteiger charge is -2.21. The van der Waals surface area contributed by atoms with Gasteiger partial charge in [0.15, 0.2) is 6.61 Å². The summed E-state index contributed by atoms with van der Waals surface area (Å²) in [4.78, 5) is 26.7. The summed E-state index contributed by atoms with van der Waals surface area (Å²) in [7, 11) is 2.01. The van der Waals surface area contributed by atoms with Crippen molar-refractivity contribution in [1.29, 1.82) is 0 Å². The Morgan fingerprint density at radius 1 is 1.07 bits per heavy atom.